The summed E-state index contributed by atoms with van der Waals surface area (Å²) in [5, 5.41) is 0. The van der Waals surface area contributed by atoms with Gasteiger partial charge in [0, 0.05) is 26.1 Å². The maximum Gasteiger partial charge on any atom is 0.360 e. The number of rotatable bonds is 36. The topological polar surface area (TPSA) is 101 Å². The van der Waals surface area contributed by atoms with Gasteiger partial charge >= 0.3 is 17.9 Å². The van der Waals surface area contributed by atoms with Crippen molar-refractivity contribution in [3.8, 4) is 0 Å². The first-order valence-electron chi connectivity index (χ1n) is 22.4. The highest BCUT2D eigenvalue weighted by Crippen LogP contribution is 2.39. The van der Waals surface area contributed by atoms with Crippen molar-refractivity contribution in [1.82, 2.24) is 4.90 Å². The fraction of sp³-hybridized carbons (Fsp3) is 0.932. The minimum absolute atomic E-state index is 0.0201. The molecule has 0 bridgehead atoms. The SMILES string of the molecule is CCCCCCCCCCCCCC(=O)OCC1(CCC)C(C(=O)OOC(=O)CCC(OCCCCCCCC)OCCCCCCCC)CCN1C. The van der Waals surface area contributed by atoms with Crippen molar-refractivity contribution in [1.29, 1.82) is 0 Å². The summed E-state index contributed by atoms with van der Waals surface area (Å²) in [4.78, 5) is 51.2. The highest BCUT2D eigenvalue weighted by Gasteiger charge is 2.52. The lowest BCUT2D eigenvalue weighted by Gasteiger charge is -2.38. The summed E-state index contributed by atoms with van der Waals surface area (Å²) in [6.45, 7) is 10.7. The van der Waals surface area contributed by atoms with Gasteiger partial charge in [0.25, 0.3) is 0 Å². The van der Waals surface area contributed by atoms with Crippen molar-refractivity contribution in [3.05, 3.63) is 0 Å². The second-order valence-electron chi connectivity index (χ2n) is 15.7. The predicted molar refractivity (Wildman–Crippen MR) is 214 cm³/mol. The highest BCUT2D eigenvalue weighted by molar-refractivity contribution is 5.76. The molecule has 1 heterocycles. The monoisotopic (exact) mass is 754 g/mol. The number of hydrogen-bond donors (Lipinski definition) is 0. The third-order valence-electron chi connectivity index (χ3n) is 11.0. The third-order valence-corrected chi connectivity index (χ3v) is 11.0. The van der Waals surface area contributed by atoms with E-state index in [1.165, 1.54) is 103 Å². The van der Waals surface area contributed by atoms with E-state index in [9.17, 15) is 14.4 Å². The Hall–Kier alpha value is -1.71. The number of carbonyl (C=O) groups is 3. The molecule has 9 heteroatoms. The van der Waals surface area contributed by atoms with Crippen molar-refractivity contribution >= 4 is 17.9 Å². The fourth-order valence-corrected chi connectivity index (χ4v) is 7.54. The van der Waals surface area contributed by atoms with Gasteiger partial charge in [0.05, 0.1) is 17.9 Å². The number of likely N-dealkylation sites (tertiary alicyclic amines) is 1. The molecule has 53 heavy (non-hydrogen) atoms. The Morgan fingerprint density at radius 2 is 1.06 bits per heavy atom. The van der Waals surface area contributed by atoms with E-state index in [-0.39, 0.29) is 19.0 Å². The lowest BCUT2D eigenvalue weighted by atomic mass is 9.81. The summed E-state index contributed by atoms with van der Waals surface area (Å²) in [6.07, 6.45) is 29.8. The average molecular weight is 754 g/mol. The number of likely N-dealkylation sites (N-methyl/N-ethyl adjacent to an activating group) is 1. The molecule has 1 rings (SSSR count). The average Bonchev–Trinajstić information content (AvgIpc) is 3.48. The zero-order valence-electron chi connectivity index (χ0n) is 35.2. The van der Waals surface area contributed by atoms with Gasteiger partial charge in [0.2, 0.25) is 0 Å². The van der Waals surface area contributed by atoms with Gasteiger partial charge in [-0.15, -0.1) is 0 Å². The van der Waals surface area contributed by atoms with E-state index in [1.807, 2.05) is 7.05 Å². The van der Waals surface area contributed by atoms with Gasteiger partial charge < -0.3 is 14.2 Å². The maximum absolute atomic E-state index is 13.4. The Morgan fingerprint density at radius 3 is 1.55 bits per heavy atom. The lowest BCUT2D eigenvalue weighted by molar-refractivity contribution is -0.265. The molecule has 1 saturated heterocycles. The molecule has 0 saturated carbocycles. The molecule has 0 amide bonds. The van der Waals surface area contributed by atoms with Crippen LogP contribution < -0.4 is 0 Å². The molecule has 1 aliphatic heterocycles. The largest absolute Gasteiger partial charge is 0.464 e. The minimum Gasteiger partial charge on any atom is -0.464 e. The van der Waals surface area contributed by atoms with Crippen LogP contribution in [0, 0.1) is 5.92 Å². The number of hydrogen-bond acceptors (Lipinski definition) is 9. The van der Waals surface area contributed by atoms with E-state index in [0.717, 1.165) is 51.4 Å². The van der Waals surface area contributed by atoms with Gasteiger partial charge in [-0.25, -0.2) is 19.4 Å². The molecule has 0 spiro atoms. The summed E-state index contributed by atoms with van der Waals surface area (Å²) in [6, 6.07) is 0. The number of ether oxygens (including phenoxy) is 3. The molecular weight excluding hydrogens is 670 g/mol. The van der Waals surface area contributed by atoms with Gasteiger partial charge in [0.15, 0.2) is 6.29 Å². The number of unbranched alkanes of at least 4 members (excludes halogenated alkanes) is 20. The van der Waals surface area contributed by atoms with Gasteiger partial charge in [-0.3, -0.25) is 9.69 Å². The molecule has 0 aromatic heterocycles. The van der Waals surface area contributed by atoms with Crippen LogP contribution in [0.2, 0.25) is 0 Å². The Labute approximate surface area is 325 Å². The highest BCUT2D eigenvalue weighted by atomic mass is 17.2. The molecule has 312 valence electrons. The molecule has 1 fully saturated rings. The zero-order chi connectivity index (χ0) is 38.8. The Kier molecular flexibility index (Phi) is 31.3. The molecule has 0 aromatic carbocycles. The quantitative estimate of drug-likeness (QED) is 0.0203. The van der Waals surface area contributed by atoms with Gasteiger partial charge in [-0.1, -0.05) is 163 Å². The Balaban J connectivity index is 2.51. The van der Waals surface area contributed by atoms with Crippen molar-refractivity contribution in [2.24, 2.45) is 5.92 Å². The van der Waals surface area contributed by atoms with Crippen molar-refractivity contribution in [3.63, 3.8) is 0 Å². The standard InChI is InChI=1S/C44H83NO8/c1-6-10-13-16-19-20-21-22-23-24-27-30-40(46)51-38-44(34-9-4)39(33-35-45(44)5)43(48)53-52-41(47)31-32-42(49-36-28-25-17-14-11-7-2)50-37-29-26-18-15-12-8-3/h39,42H,6-38H2,1-5H3. The van der Waals surface area contributed by atoms with Crippen LogP contribution in [0.25, 0.3) is 0 Å². The summed E-state index contributed by atoms with van der Waals surface area (Å²) in [5.74, 6) is -2.00. The second kappa shape index (κ2) is 33.6. The first kappa shape index (κ1) is 49.3. The van der Waals surface area contributed by atoms with Gasteiger partial charge in [0.1, 0.15) is 6.61 Å². The number of nitrogens with zero attached hydrogens (tertiary/aromatic N) is 1. The van der Waals surface area contributed by atoms with E-state index in [2.05, 4.69) is 32.6 Å². The Bertz CT molecular complexity index is 883. The zero-order valence-corrected chi connectivity index (χ0v) is 35.2. The van der Waals surface area contributed by atoms with Gasteiger partial charge in [-0.2, -0.15) is 0 Å². The van der Waals surface area contributed by atoms with Crippen molar-refractivity contribution < 1.29 is 38.4 Å². The molecular formula is C44H83NO8. The third kappa shape index (κ3) is 23.7. The van der Waals surface area contributed by atoms with Crippen LogP contribution >= 0.6 is 0 Å². The molecule has 1 aliphatic rings. The molecule has 0 aromatic rings. The van der Waals surface area contributed by atoms with Crippen molar-refractivity contribution in [2.75, 3.05) is 33.4 Å². The first-order chi connectivity index (χ1) is 25.8. The van der Waals surface area contributed by atoms with E-state index in [4.69, 9.17) is 24.0 Å². The smallest absolute Gasteiger partial charge is 0.360 e. The minimum atomic E-state index is -0.690. The number of esters is 1. The molecule has 0 aliphatic carbocycles. The van der Waals surface area contributed by atoms with Crippen LogP contribution in [0.1, 0.15) is 214 Å². The normalized spacial score (nSPS) is 17.4. The molecule has 2 unspecified atom stereocenters. The molecule has 0 N–H and O–H groups in total. The second-order valence-corrected chi connectivity index (χ2v) is 15.7. The number of carbonyl (C=O) groups excluding carboxylic acids is 3. The lowest BCUT2D eigenvalue weighted by Crippen LogP contribution is -2.52. The van der Waals surface area contributed by atoms with E-state index in [1.54, 1.807) is 0 Å². The summed E-state index contributed by atoms with van der Waals surface area (Å²) >= 11 is 0. The van der Waals surface area contributed by atoms with Crippen molar-refractivity contribution in [2.45, 2.75) is 226 Å². The maximum atomic E-state index is 13.4. The van der Waals surface area contributed by atoms with Gasteiger partial charge in [-0.05, 0) is 45.7 Å². The Morgan fingerprint density at radius 1 is 0.585 bits per heavy atom. The summed E-state index contributed by atoms with van der Waals surface area (Å²) in [7, 11) is 1.96. The molecule has 9 nitrogen and oxygen atoms in total. The van der Waals surface area contributed by atoms with Crippen LogP contribution in [0.5, 0.6) is 0 Å². The van der Waals surface area contributed by atoms with Crippen LogP contribution in [0.4, 0.5) is 0 Å². The molecule has 0 radical (unpaired) electrons. The summed E-state index contributed by atoms with van der Waals surface area (Å²) in [5.41, 5.74) is -0.690. The van der Waals surface area contributed by atoms with E-state index in [0.29, 0.717) is 45.4 Å². The van der Waals surface area contributed by atoms with E-state index >= 15 is 0 Å². The fourth-order valence-electron chi connectivity index (χ4n) is 7.54. The van der Waals surface area contributed by atoms with Crippen LogP contribution in [0.15, 0.2) is 0 Å². The summed E-state index contributed by atoms with van der Waals surface area (Å²) < 4.78 is 17.9. The van der Waals surface area contributed by atoms with E-state index < -0.39 is 29.7 Å². The van der Waals surface area contributed by atoms with Crippen LogP contribution in [0.3, 0.4) is 0 Å². The first-order valence-corrected chi connectivity index (χ1v) is 22.4. The van der Waals surface area contributed by atoms with Crippen LogP contribution in [-0.2, 0) is 38.4 Å². The predicted octanol–water partition coefficient (Wildman–Crippen LogP) is 11.6. The van der Waals surface area contributed by atoms with Crippen LogP contribution in [-0.4, -0.2) is 68.0 Å². The molecule has 2 atom stereocenters.